The van der Waals surface area contributed by atoms with Gasteiger partial charge in [0.15, 0.2) is 0 Å². The van der Waals surface area contributed by atoms with Crippen LogP contribution in [0.25, 0.3) is 0 Å². The zero-order chi connectivity index (χ0) is 16.9. The molecule has 1 fully saturated rings. The van der Waals surface area contributed by atoms with Gasteiger partial charge in [0.1, 0.15) is 5.02 Å². The molecule has 0 bridgehead atoms. The van der Waals surface area contributed by atoms with Crippen molar-refractivity contribution in [2.75, 3.05) is 13.2 Å². The molecule has 0 unspecified atom stereocenters. The van der Waals surface area contributed by atoms with Crippen molar-refractivity contribution < 1.29 is 9.53 Å². The Kier molecular flexibility index (Phi) is 5.27. The van der Waals surface area contributed by atoms with Gasteiger partial charge >= 0.3 is 0 Å². The Hall–Kier alpha value is -2.18. The van der Waals surface area contributed by atoms with Crippen LogP contribution in [0.2, 0.25) is 5.02 Å². The van der Waals surface area contributed by atoms with Gasteiger partial charge in [-0.2, -0.15) is 0 Å². The third-order valence-corrected chi connectivity index (χ3v) is 4.20. The molecule has 2 aromatic heterocycles. The average Bonchev–Trinajstić information content (AvgIpc) is 3.10. The summed E-state index contributed by atoms with van der Waals surface area (Å²) in [6.45, 7) is 1.57. The van der Waals surface area contributed by atoms with Gasteiger partial charge in [0, 0.05) is 25.5 Å². The summed E-state index contributed by atoms with van der Waals surface area (Å²) in [6, 6.07) is 6.98. The minimum atomic E-state index is -0.413. The zero-order valence-corrected chi connectivity index (χ0v) is 13.8. The highest BCUT2D eigenvalue weighted by atomic mass is 35.5. The number of carbonyl (C=O) groups is 1. The van der Waals surface area contributed by atoms with Gasteiger partial charge in [-0.15, -0.1) is 0 Å². The Labute approximate surface area is 144 Å². The Bertz CT molecular complexity index is 757. The molecular formula is C17H18ClN3O3. The van der Waals surface area contributed by atoms with E-state index in [0.29, 0.717) is 18.7 Å². The summed E-state index contributed by atoms with van der Waals surface area (Å²) in [5.74, 6) is -0.214. The highest BCUT2D eigenvalue weighted by molar-refractivity contribution is 6.30. The second-order valence-corrected chi connectivity index (χ2v) is 6.11. The molecule has 2 aromatic rings. The third kappa shape index (κ3) is 4.01. The van der Waals surface area contributed by atoms with Crippen molar-refractivity contribution in [2.45, 2.75) is 25.5 Å². The molecule has 1 N–H and O–H groups in total. The average molecular weight is 348 g/mol. The van der Waals surface area contributed by atoms with Gasteiger partial charge in [0.05, 0.1) is 23.9 Å². The van der Waals surface area contributed by atoms with Crippen molar-refractivity contribution in [3.05, 3.63) is 63.3 Å². The Balaban J connectivity index is 1.82. The monoisotopic (exact) mass is 347 g/mol. The molecule has 0 radical (unpaired) electrons. The summed E-state index contributed by atoms with van der Waals surface area (Å²) >= 11 is 5.84. The molecule has 0 saturated carbocycles. The first kappa shape index (κ1) is 16.7. The SMILES string of the molecule is O=C(c1c[nH]c(=O)c(Cl)c1)N(Cc1ccccn1)C[C@H]1CCCO1. The van der Waals surface area contributed by atoms with Crippen LogP contribution < -0.4 is 5.56 Å². The van der Waals surface area contributed by atoms with Crippen LogP contribution in [0.15, 0.2) is 41.5 Å². The van der Waals surface area contributed by atoms with Gasteiger partial charge in [-0.05, 0) is 31.0 Å². The summed E-state index contributed by atoms with van der Waals surface area (Å²) in [6.07, 6.45) is 5.04. The first-order valence-electron chi connectivity index (χ1n) is 7.82. The Morgan fingerprint density at radius 3 is 3.00 bits per heavy atom. The van der Waals surface area contributed by atoms with Crippen LogP contribution in [0.5, 0.6) is 0 Å². The van der Waals surface area contributed by atoms with Crippen molar-refractivity contribution in [1.82, 2.24) is 14.9 Å². The summed E-state index contributed by atoms with van der Waals surface area (Å²) in [4.78, 5) is 32.7. The molecule has 1 aliphatic heterocycles. The van der Waals surface area contributed by atoms with Crippen LogP contribution in [0.4, 0.5) is 0 Å². The first-order chi connectivity index (χ1) is 11.6. The maximum Gasteiger partial charge on any atom is 0.266 e. The van der Waals surface area contributed by atoms with Gasteiger partial charge in [0.2, 0.25) is 0 Å². The molecule has 0 aromatic carbocycles. The van der Waals surface area contributed by atoms with Crippen LogP contribution in [0.3, 0.4) is 0 Å². The molecule has 0 aliphatic carbocycles. The van der Waals surface area contributed by atoms with E-state index in [1.54, 1.807) is 11.1 Å². The maximum absolute atomic E-state index is 12.9. The molecule has 1 amide bonds. The van der Waals surface area contributed by atoms with Crippen molar-refractivity contribution in [1.29, 1.82) is 0 Å². The summed E-state index contributed by atoms with van der Waals surface area (Å²) < 4.78 is 5.65. The number of hydrogen-bond donors (Lipinski definition) is 1. The number of carbonyl (C=O) groups excluding carboxylic acids is 1. The molecular weight excluding hydrogens is 330 g/mol. The van der Waals surface area contributed by atoms with E-state index in [0.717, 1.165) is 25.1 Å². The predicted molar refractivity (Wildman–Crippen MR) is 90.0 cm³/mol. The van der Waals surface area contributed by atoms with Gasteiger partial charge in [0.25, 0.3) is 11.5 Å². The molecule has 1 aliphatic rings. The van der Waals surface area contributed by atoms with Crippen molar-refractivity contribution in [2.24, 2.45) is 0 Å². The maximum atomic E-state index is 12.9. The fraction of sp³-hybridized carbons (Fsp3) is 0.353. The van der Waals surface area contributed by atoms with E-state index in [4.69, 9.17) is 16.3 Å². The van der Waals surface area contributed by atoms with E-state index >= 15 is 0 Å². The molecule has 3 rings (SSSR count). The van der Waals surface area contributed by atoms with Gasteiger partial charge < -0.3 is 14.6 Å². The van der Waals surface area contributed by atoms with E-state index < -0.39 is 5.56 Å². The second-order valence-electron chi connectivity index (χ2n) is 5.71. The number of halogens is 1. The second kappa shape index (κ2) is 7.59. The van der Waals surface area contributed by atoms with Crippen molar-refractivity contribution in [3.63, 3.8) is 0 Å². The lowest BCUT2D eigenvalue weighted by Crippen LogP contribution is -2.37. The number of hydrogen-bond acceptors (Lipinski definition) is 4. The van der Waals surface area contributed by atoms with Crippen LogP contribution in [-0.4, -0.2) is 40.0 Å². The number of aromatic nitrogens is 2. The van der Waals surface area contributed by atoms with E-state index in [-0.39, 0.29) is 17.0 Å². The highest BCUT2D eigenvalue weighted by Crippen LogP contribution is 2.17. The highest BCUT2D eigenvalue weighted by Gasteiger charge is 2.24. The number of nitrogens with one attached hydrogen (secondary N) is 1. The van der Waals surface area contributed by atoms with Crippen molar-refractivity contribution in [3.8, 4) is 0 Å². The number of ether oxygens (including phenoxy) is 1. The molecule has 1 saturated heterocycles. The molecule has 24 heavy (non-hydrogen) atoms. The standard InChI is InChI=1S/C17H18ClN3O3/c18-15-8-12(9-20-16(15)22)17(23)21(11-14-5-3-7-24-14)10-13-4-1-2-6-19-13/h1-2,4,6,8-9,14H,3,5,7,10-11H2,(H,20,22)/t14-/m1/s1. The molecule has 7 heteroatoms. The van der Waals surface area contributed by atoms with E-state index in [1.807, 2.05) is 18.2 Å². The summed E-state index contributed by atoms with van der Waals surface area (Å²) in [7, 11) is 0. The molecule has 1 atom stereocenters. The van der Waals surface area contributed by atoms with E-state index in [1.165, 1.54) is 12.3 Å². The minimum absolute atomic E-state index is 0.00393. The summed E-state index contributed by atoms with van der Waals surface area (Å²) in [5.41, 5.74) is 0.719. The lowest BCUT2D eigenvalue weighted by Gasteiger charge is -2.25. The molecule has 3 heterocycles. The normalized spacial score (nSPS) is 17.0. The Morgan fingerprint density at radius 2 is 2.33 bits per heavy atom. The minimum Gasteiger partial charge on any atom is -0.376 e. The van der Waals surface area contributed by atoms with E-state index in [9.17, 15) is 9.59 Å². The fourth-order valence-electron chi connectivity index (χ4n) is 2.70. The predicted octanol–water partition coefficient (Wildman–Crippen LogP) is 2.24. The van der Waals surface area contributed by atoms with Crippen LogP contribution in [0.1, 0.15) is 28.9 Å². The van der Waals surface area contributed by atoms with E-state index in [2.05, 4.69) is 9.97 Å². The first-order valence-corrected chi connectivity index (χ1v) is 8.20. The smallest absolute Gasteiger partial charge is 0.266 e. The molecule has 6 nitrogen and oxygen atoms in total. The Morgan fingerprint density at radius 1 is 1.46 bits per heavy atom. The fourth-order valence-corrected chi connectivity index (χ4v) is 2.87. The number of aromatic amines is 1. The topological polar surface area (TPSA) is 75.3 Å². The van der Waals surface area contributed by atoms with Crippen LogP contribution in [0, 0.1) is 0 Å². The zero-order valence-electron chi connectivity index (χ0n) is 13.1. The van der Waals surface area contributed by atoms with Gasteiger partial charge in [-0.25, -0.2) is 0 Å². The summed E-state index contributed by atoms with van der Waals surface area (Å²) in [5, 5.41) is -0.00393. The largest absolute Gasteiger partial charge is 0.376 e. The van der Waals surface area contributed by atoms with Gasteiger partial charge in [-0.1, -0.05) is 17.7 Å². The van der Waals surface area contributed by atoms with Crippen LogP contribution >= 0.6 is 11.6 Å². The molecule has 126 valence electrons. The van der Waals surface area contributed by atoms with Crippen molar-refractivity contribution >= 4 is 17.5 Å². The number of amides is 1. The molecule has 0 spiro atoms. The number of rotatable bonds is 5. The number of nitrogens with zero attached hydrogens (tertiary/aromatic N) is 2. The van der Waals surface area contributed by atoms with Gasteiger partial charge in [-0.3, -0.25) is 14.6 Å². The van der Waals surface area contributed by atoms with Crippen LogP contribution in [-0.2, 0) is 11.3 Å². The number of H-pyrrole nitrogens is 1. The lowest BCUT2D eigenvalue weighted by molar-refractivity contribution is 0.0504. The number of pyridine rings is 2. The lowest BCUT2D eigenvalue weighted by atomic mass is 10.2. The third-order valence-electron chi connectivity index (χ3n) is 3.92. The quantitative estimate of drug-likeness (QED) is 0.900.